The molecule has 1 atom stereocenters. The predicted octanol–water partition coefficient (Wildman–Crippen LogP) is 3.10. The van der Waals surface area contributed by atoms with Gasteiger partial charge in [-0.3, -0.25) is 4.79 Å². The topological polar surface area (TPSA) is 69.7 Å². The average molecular weight is 422 g/mol. The van der Waals surface area contributed by atoms with E-state index in [1.54, 1.807) is 18.2 Å². The van der Waals surface area contributed by atoms with Gasteiger partial charge in [0.25, 0.3) is 5.91 Å². The van der Waals surface area contributed by atoms with Crippen LogP contribution in [0.2, 0.25) is 0 Å². The number of amides is 1. The second kappa shape index (κ2) is 10.5. The zero-order chi connectivity index (χ0) is 20.7. The number of likely N-dealkylation sites (tertiary alicyclic amines) is 1. The quantitative estimate of drug-likeness (QED) is 0.655. The van der Waals surface area contributed by atoms with E-state index in [-0.39, 0.29) is 10.8 Å². The molecule has 0 spiro atoms. The minimum atomic E-state index is -3.52. The van der Waals surface area contributed by atoms with Gasteiger partial charge in [-0.15, -0.1) is 0 Å². The van der Waals surface area contributed by atoms with Crippen molar-refractivity contribution >= 4 is 15.9 Å². The fraction of sp³-hybridized carbons (Fsp3) is 0.682. The van der Waals surface area contributed by atoms with Gasteiger partial charge in [-0.1, -0.05) is 19.4 Å². The lowest BCUT2D eigenvalue weighted by atomic mass is 10.0. The summed E-state index contributed by atoms with van der Waals surface area (Å²) in [5.74, 6) is 0.587. The van der Waals surface area contributed by atoms with E-state index in [9.17, 15) is 13.2 Å². The Hall–Kier alpha value is -1.44. The molecule has 1 unspecified atom stereocenters. The van der Waals surface area contributed by atoms with Crippen molar-refractivity contribution in [2.24, 2.45) is 5.92 Å². The smallest absolute Gasteiger partial charge is 0.251 e. The first-order valence-corrected chi connectivity index (χ1v) is 12.5. The molecule has 2 aliphatic rings. The minimum absolute atomic E-state index is 0.202. The van der Waals surface area contributed by atoms with E-state index >= 15 is 0 Å². The minimum Gasteiger partial charge on any atom is -0.352 e. The van der Waals surface area contributed by atoms with Crippen LogP contribution >= 0.6 is 0 Å². The van der Waals surface area contributed by atoms with Crippen molar-refractivity contribution in [2.45, 2.75) is 56.8 Å². The molecule has 1 aromatic carbocycles. The summed E-state index contributed by atoms with van der Waals surface area (Å²) in [6.45, 7) is 7.52. The highest BCUT2D eigenvalue weighted by atomic mass is 32.2. The first kappa shape index (κ1) is 22.2. The first-order valence-electron chi connectivity index (χ1n) is 11.1. The molecule has 162 valence electrons. The van der Waals surface area contributed by atoms with Crippen molar-refractivity contribution in [3.8, 4) is 0 Å². The molecule has 1 aromatic rings. The van der Waals surface area contributed by atoms with Crippen molar-refractivity contribution in [1.29, 1.82) is 0 Å². The SMILES string of the molecule is CC1CCCN(CCCCNC(=O)c2cccc(S(=O)(=O)N3CCCCC3)c2)C1. The Bertz CT molecular complexity index is 775. The van der Waals surface area contributed by atoms with E-state index in [1.807, 2.05) is 0 Å². The van der Waals surface area contributed by atoms with Crippen LogP contribution < -0.4 is 5.32 Å². The zero-order valence-corrected chi connectivity index (χ0v) is 18.4. The summed E-state index contributed by atoms with van der Waals surface area (Å²) in [4.78, 5) is 15.2. The van der Waals surface area contributed by atoms with Crippen LogP contribution in [0.1, 0.15) is 62.2 Å². The Balaban J connectivity index is 1.46. The summed E-state index contributed by atoms with van der Waals surface area (Å²) in [7, 11) is -3.52. The van der Waals surface area contributed by atoms with Gasteiger partial charge in [0.1, 0.15) is 0 Å². The van der Waals surface area contributed by atoms with Crippen LogP contribution in [0.25, 0.3) is 0 Å². The molecule has 0 aliphatic carbocycles. The highest BCUT2D eigenvalue weighted by Gasteiger charge is 2.26. The van der Waals surface area contributed by atoms with Gasteiger partial charge in [0.2, 0.25) is 10.0 Å². The van der Waals surface area contributed by atoms with Crippen LogP contribution in [-0.4, -0.2) is 62.8 Å². The lowest BCUT2D eigenvalue weighted by Gasteiger charge is -2.30. The molecule has 0 saturated carbocycles. The molecule has 2 fully saturated rings. The summed E-state index contributed by atoms with van der Waals surface area (Å²) in [5, 5.41) is 2.94. The van der Waals surface area contributed by atoms with Gasteiger partial charge in [0.05, 0.1) is 4.90 Å². The summed E-state index contributed by atoms with van der Waals surface area (Å²) in [6, 6.07) is 6.43. The van der Waals surface area contributed by atoms with Gasteiger partial charge < -0.3 is 10.2 Å². The fourth-order valence-corrected chi connectivity index (χ4v) is 5.87. The van der Waals surface area contributed by atoms with Crippen molar-refractivity contribution in [1.82, 2.24) is 14.5 Å². The largest absolute Gasteiger partial charge is 0.352 e. The Morgan fingerprint density at radius 2 is 1.90 bits per heavy atom. The molecule has 29 heavy (non-hydrogen) atoms. The molecule has 1 N–H and O–H groups in total. The third kappa shape index (κ3) is 6.27. The number of benzene rings is 1. The van der Waals surface area contributed by atoms with Gasteiger partial charge >= 0.3 is 0 Å². The Kier molecular flexibility index (Phi) is 8.09. The number of carbonyl (C=O) groups excluding carboxylic acids is 1. The molecule has 0 radical (unpaired) electrons. The Morgan fingerprint density at radius 1 is 1.10 bits per heavy atom. The molecule has 0 aromatic heterocycles. The Morgan fingerprint density at radius 3 is 2.66 bits per heavy atom. The number of hydrogen-bond donors (Lipinski definition) is 1. The highest BCUT2D eigenvalue weighted by Crippen LogP contribution is 2.21. The van der Waals surface area contributed by atoms with E-state index in [0.29, 0.717) is 25.2 Å². The van der Waals surface area contributed by atoms with E-state index in [0.717, 1.165) is 44.6 Å². The van der Waals surface area contributed by atoms with Crippen LogP contribution in [0.3, 0.4) is 0 Å². The van der Waals surface area contributed by atoms with E-state index in [4.69, 9.17) is 0 Å². The molecular formula is C22H35N3O3S. The summed E-state index contributed by atoms with van der Waals surface area (Å²) in [6.07, 6.45) is 7.49. The normalized spacial score (nSPS) is 21.8. The lowest BCUT2D eigenvalue weighted by Crippen LogP contribution is -2.36. The maximum absolute atomic E-state index is 12.8. The summed E-state index contributed by atoms with van der Waals surface area (Å²) in [5.41, 5.74) is 0.410. The van der Waals surface area contributed by atoms with Crippen molar-refractivity contribution in [3.05, 3.63) is 29.8 Å². The standard InChI is InChI=1S/C22H35N3O3S/c1-19-9-8-14-24(18-19)13-6-3-12-23-22(26)20-10-7-11-21(17-20)29(27,28)25-15-4-2-5-16-25/h7,10-11,17,19H,2-6,8-9,12-16,18H2,1H3,(H,23,26). The summed E-state index contributed by atoms with van der Waals surface area (Å²) < 4.78 is 27.2. The number of carbonyl (C=O) groups is 1. The number of nitrogens with one attached hydrogen (secondary N) is 1. The van der Waals surface area contributed by atoms with Gasteiger partial charge in [-0.25, -0.2) is 8.42 Å². The average Bonchev–Trinajstić information content (AvgIpc) is 2.74. The third-order valence-electron chi connectivity index (χ3n) is 5.98. The number of unbranched alkanes of at least 4 members (excludes halogenated alkanes) is 1. The maximum atomic E-state index is 12.8. The summed E-state index contributed by atoms with van der Waals surface area (Å²) >= 11 is 0. The van der Waals surface area contributed by atoms with Crippen LogP contribution in [-0.2, 0) is 10.0 Å². The predicted molar refractivity (Wildman–Crippen MR) is 115 cm³/mol. The molecular weight excluding hydrogens is 386 g/mol. The Labute approximate surface area is 175 Å². The number of sulfonamides is 1. The van der Waals surface area contributed by atoms with Crippen LogP contribution in [0, 0.1) is 5.92 Å². The number of piperidine rings is 2. The third-order valence-corrected chi connectivity index (χ3v) is 7.87. The fourth-order valence-electron chi connectivity index (χ4n) is 4.31. The molecule has 7 heteroatoms. The molecule has 2 heterocycles. The van der Waals surface area contributed by atoms with Gasteiger partial charge in [-0.05, 0) is 75.7 Å². The second-order valence-corrected chi connectivity index (χ2v) is 10.4. The van der Waals surface area contributed by atoms with Crippen molar-refractivity contribution < 1.29 is 13.2 Å². The number of hydrogen-bond acceptors (Lipinski definition) is 4. The van der Waals surface area contributed by atoms with Gasteiger partial charge in [0, 0.05) is 31.7 Å². The van der Waals surface area contributed by atoms with Crippen LogP contribution in [0.4, 0.5) is 0 Å². The molecule has 0 bridgehead atoms. The van der Waals surface area contributed by atoms with Crippen LogP contribution in [0.5, 0.6) is 0 Å². The van der Waals surface area contributed by atoms with Gasteiger partial charge in [-0.2, -0.15) is 4.31 Å². The van der Waals surface area contributed by atoms with Crippen molar-refractivity contribution in [2.75, 3.05) is 39.3 Å². The number of rotatable bonds is 8. The molecule has 3 rings (SSSR count). The number of nitrogens with zero attached hydrogens (tertiary/aromatic N) is 2. The first-order chi connectivity index (χ1) is 14.0. The van der Waals surface area contributed by atoms with E-state index < -0.39 is 10.0 Å². The monoisotopic (exact) mass is 421 g/mol. The molecule has 2 aliphatic heterocycles. The maximum Gasteiger partial charge on any atom is 0.251 e. The second-order valence-electron chi connectivity index (χ2n) is 8.50. The zero-order valence-electron chi connectivity index (χ0n) is 17.6. The lowest BCUT2D eigenvalue weighted by molar-refractivity contribution is 0.0952. The van der Waals surface area contributed by atoms with Crippen molar-refractivity contribution in [3.63, 3.8) is 0 Å². The van der Waals surface area contributed by atoms with Crippen LogP contribution in [0.15, 0.2) is 29.2 Å². The molecule has 6 nitrogen and oxygen atoms in total. The molecule has 1 amide bonds. The van der Waals surface area contributed by atoms with E-state index in [2.05, 4.69) is 17.1 Å². The van der Waals surface area contributed by atoms with E-state index in [1.165, 1.54) is 36.3 Å². The highest BCUT2D eigenvalue weighted by molar-refractivity contribution is 7.89. The van der Waals surface area contributed by atoms with Gasteiger partial charge in [0.15, 0.2) is 0 Å². The molecule has 2 saturated heterocycles.